The third-order valence-corrected chi connectivity index (χ3v) is 7.10. The predicted octanol–water partition coefficient (Wildman–Crippen LogP) is 2.51. The Balaban J connectivity index is 1.53. The van der Waals surface area contributed by atoms with Gasteiger partial charge in [0.25, 0.3) is 15.9 Å². The van der Waals surface area contributed by atoms with Crippen LogP contribution in [0, 0.1) is 5.92 Å². The van der Waals surface area contributed by atoms with Crippen molar-refractivity contribution in [3.8, 4) is 11.5 Å². The van der Waals surface area contributed by atoms with Crippen LogP contribution >= 0.6 is 0 Å². The van der Waals surface area contributed by atoms with Gasteiger partial charge in [-0.1, -0.05) is 32.0 Å². The van der Waals surface area contributed by atoms with Gasteiger partial charge in [-0.2, -0.15) is 0 Å². The summed E-state index contributed by atoms with van der Waals surface area (Å²) in [4.78, 5) is 25.3. The maximum absolute atomic E-state index is 12.8. The molecule has 9 heteroatoms. The Kier molecular flexibility index (Phi) is 5.62. The standard InChI is InChI=1S/C22H24N2O6S/c1-14(2)21(15-8-9-17-18(12-15)30-11-5-10-29-17)23-20(25)13-24-22(26)16-6-3-4-7-19(16)31(24,27)28/h3-4,6-9,12,14,21H,5,10-11,13H2,1-2H3,(H,23,25)/t21-/m1/s1. The number of hydrogen-bond acceptors (Lipinski definition) is 6. The average molecular weight is 445 g/mol. The highest BCUT2D eigenvalue weighted by atomic mass is 32.2. The molecule has 1 N–H and O–H groups in total. The van der Waals surface area contributed by atoms with Crippen molar-refractivity contribution in [3.63, 3.8) is 0 Å². The molecular weight excluding hydrogens is 420 g/mol. The van der Waals surface area contributed by atoms with Gasteiger partial charge in [-0.05, 0) is 35.7 Å². The zero-order valence-corrected chi connectivity index (χ0v) is 18.1. The Hall–Kier alpha value is -3.07. The number of fused-ring (bicyclic) bond motifs is 2. The number of carbonyl (C=O) groups is 2. The molecule has 31 heavy (non-hydrogen) atoms. The van der Waals surface area contributed by atoms with E-state index in [1.165, 1.54) is 12.1 Å². The minimum atomic E-state index is -4.04. The van der Waals surface area contributed by atoms with E-state index in [0.717, 1.165) is 12.0 Å². The summed E-state index contributed by atoms with van der Waals surface area (Å²) in [5.74, 6) is 0.0269. The topological polar surface area (TPSA) is 102 Å². The molecular formula is C22H24N2O6S. The van der Waals surface area contributed by atoms with Crippen molar-refractivity contribution in [2.45, 2.75) is 31.2 Å². The smallest absolute Gasteiger partial charge is 0.269 e. The van der Waals surface area contributed by atoms with Crippen molar-refractivity contribution in [2.75, 3.05) is 19.8 Å². The van der Waals surface area contributed by atoms with Gasteiger partial charge in [0, 0.05) is 6.42 Å². The molecule has 0 saturated carbocycles. The molecule has 2 aromatic rings. The number of ether oxygens (including phenoxy) is 2. The number of rotatable bonds is 5. The highest BCUT2D eigenvalue weighted by Gasteiger charge is 2.42. The molecule has 0 radical (unpaired) electrons. The first-order valence-corrected chi connectivity index (χ1v) is 11.6. The third-order valence-electron chi connectivity index (χ3n) is 5.31. The third kappa shape index (κ3) is 3.97. The molecule has 1 atom stereocenters. The van der Waals surface area contributed by atoms with Crippen LogP contribution in [-0.4, -0.2) is 44.3 Å². The molecule has 2 heterocycles. The summed E-state index contributed by atoms with van der Waals surface area (Å²) < 4.78 is 37.4. The Morgan fingerprint density at radius 1 is 1.10 bits per heavy atom. The van der Waals surface area contributed by atoms with Crippen LogP contribution < -0.4 is 14.8 Å². The largest absolute Gasteiger partial charge is 0.490 e. The molecule has 2 amide bonds. The molecule has 164 valence electrons. The Morgan fingerprint density at radius 2 is 1.81 bits per heavy atom. The van der Waals surface area contributed by atoms with Crippen molar-refractivity contribution in [1.29, 1.82) is 0 Å². The number of nitrogens with one attached hydrogen (secondary N) is 1. The van der Waals surface area contributed by atoms with Gasteiger partial charge in [-0.25, -0.2) is 12.7 Å². The molecule has 0 spiro atoms. The number of amides is 2. The highest BCUT2D eigenvalue weighted by Crippen LogP contribution is 2.34. The van der Waals surface area contributed by atoms with Gasteiger partial charge < -0.3 is 14.8 Å². The molecule has 4 rings (SSSR count). The lowest BCUT2D eigenvalue weighted by atomic mass is 9.95. The zero-order chi connectivity index (χ0) is 22.2. The fraction of sp³-hybridized carbons (Fsp3) is 0.364. The number of sulfonamides is 1. The first kappa shape index (κ1) is 21.2. The van der Waals surface area contributed by atoms with E-state index >= 15 is 0 Å². The monoisotopic (exact) mass is 444 g/mol. The molecule has 0 unspecified atom stereocenters. The molecule has 8 nitrogen and oxygen atoms in total. The van der Waals surface area contributed by atoms with Crippen LogP contribution in [0.25, 0.3) is 0 Å². The molecule has 0 bridgehead atoms. The molecule has 0 saturated heterocycles. The maximum atomic E-state index is 12.8. The van der Waals surface area contributed by atoms with E-state index in [0.29, 0.717) is 29.0 Å². The predicted molar refractivity (Wildman–Crippen MR) is 112 cm³/mol. The van der Waals surface area contributed by atoms with E-state index < -0.39 is 34.4 Å². The Morgan fingerprint density at radius 3 is 2.52 bits per heavy atom. The first-order chi connectivity index (χ1) is 14.8. The number of benzene rings is 2. The molecule has 2 aliphatic heterocycles. The molecule has 0 fully saturated rings. The van der Waals surface area contributed by atoms with Gasteiger partial charge in [-0.15, -0.1) is 0 Å². The van der Waals surface area contributed by atoms with Gasteiger partial charge in [0.2, 0.25) is 5.91 Å². The molecule has 2 aliphatic rings. The van der Waals surface area contributed by atoms with E-state index in [1.54, 1.807) is 12.1 Å². The second-order valence-corrected chi connectivity index (χ2v) is 9.69. The summed E-state index contributed by atoms with van der Waals surface area (Å²) in [5, 5.41) is 2.87. The van der Waals surface area contributed by atoms with Crippen LogP contribution in [-0.2, 0) is 14.8 Å². The summed E-state index contributed by atoms with van der Waals surface area (Å²) in [6.07, 6.45) is 0.787. The first-order valence-electron chi connectivity index (χ1n) is 10.1. The minimum Gasteiger partial charge on any atom is -0.490 e. The average Bonchev–Trinajstić information content (AvgIpc) is 2.90. The Bertz CT molecular complexity index is 1130. The minimum absolute atomic E-state index is 0.0109. The van der Waals surface area contributed by atoms with E-state index in [-0.39, 0.29) is 16.4 Å². The quantitative estimate of drug-likeness (QED) is 0.760. The van der Waals surface area contributed by atoms with E-state index in [4.69, 9.17) is 9.47 Å². The highest BCUT2D eigenvalue weighted by molar-refractivity contribution is 7.90. The van der Waals surface area contributed by atoms with E-state index in [2.05, 4.69) is 5.32 Å². The fourth-order valence-corrected chi connectivity index (χ4v) is 5.27. The van der Waals surface area contributed by atoms with Crippen LogP contribution in [0.4, 0.5) is 0 Å². The lowest BCUT2D eigenvalue weighted by Crippen LogP contribution is -2.42. The summed E-state index contributed by atoms with van der Waals surface area (Å²) in [5.41, 5.74) is 0.894. The summed E-state index contributed by atoms with van der Waals surface area (Å²) in [7, 11) is -4.04. The number of carbonyl (C=O) groups excluding carboxylic acids is 2. The van der Waals surface area contributed by atoms with Crippen LogP contribution in [0.1, 0.15) is 42.2 Å². The zero-order valence-electron chi connectivity index (χ0n) is 17.3. The summed E-state index contributed by atoms with van der Waals surface area (Å²) >= 11 is 0. The molecule has 0 aliphatic carbocycles. The van der Waals surface area contributed by atoms with Gasteiger partial charge in [0.15, 0.2) is 11.5 Å². The summed E-state index contributed by atoms with van der Waals surface area (Å²) in [6, 6.07) is 11.1. The number of hydrogen-bond donors (Lipinski definition) is 1. The van der Waals surface area contributed by atoms with Crippen molar-refractivity contribution in [3.05, 3.63) is 53.6 Å². The molecule has 2 aromatic carbocycles. The Labute approximate surface area is 181 Å². The van der Waals surface area contributed by atoms with Crippen LogP contribution in [0.2, 0.25) is 0 Å². The van der Waals surface area contributed by atoms with Gasteiger partial charge in [-0.3, -0.25) is 9.59 Å². The van der Waals surface area contributed by atoms with Crippen LogP contribution in [0.5, 0.6) is 11.5 Å². The van der Waals surface area contributed by atoms with Gasteiger partial charge in [0.1, 0.15) is 11.4 Å². The van der Waals surface area contributed by atoms with Crippen molar-refractivity contribution in [2.24, 2.45) is 5.92 Å². The lowest BCUT2D eigenvalue weighted by Gasteiger charge is -2.25. The normalized spacial score (nSPS) is 17.8. The van der Waals surface area contributed by atoms with Crippen molar-refractivity contribution >= 4 is 21.8 Å². The lowest BCUT2D eigenvalue weighted by molar-refractivity contribution is -0.122. The van der Waals surface area contributed by atoms with Gasteiger partial charge in [0.05, 0.1) is 24.8 Å². The summed E-state index contributed by atoms with van der Waals surface area (Å²) in [6.45, 7) is 4.44. The van der Waals surface area contributed by atoms with Crippen LogP contribution in [0.3, 0.4) is 0 Å². The van der Waals surface area contributed by atoms with E-state index in [1.807, 2.05) is 32.0 Å². The van der Waals surface area contributed by atoms with Gasteiger partial charge >= 0.3 is 0 Å². The SMILES string of the molecule is CC(C)[C@@H](NC(=O)CN1C(=O)c2ccccc2S1(=O)=O)c1ccc2c(c1)OCCCO2. The van der Waals surface area contributed by atoms with Crippen molar-refractivity contribution in [1.82, 2.24) is 9.62 Å². The second kappa shape index (κ2) is 8.22. The van der Waals surface area contributed by atoms with E-state index in [9.17, 15) is 18.0 Å². The number of nitrogens with zero attached hydrogens (tertiary/aromatic N) is 1. The second-order valence-electron chi connectivity index (χ2n) is 7.86. The van der Waals surface area contributed by atoms with Crippen molar-refractivity contribution < 1.29 is 27.5 Å². The molecule has 0 aromatic heterocycles. The maximum Gasteiger partial charge on any atom is 0.269 e. The van der Waals surface area contributed by atoms with Crippen LogP contribution in [0.15, 0.2) is 47.4 Å². The fourth-order valence-electron chi connectivity index (χ4n) is 3.75.